The minimum absolute atomic E-state index is 0.439. The first-order valence-corrected chi connectivity index (χ1v) is 6.01. The van der Waals surface area contributed by atoms with Crippen molar-refractivity contribution >= 4 is 17.2 Å². The molecule has 3 nitrogen and oxygen atoms in total. The minimum Gasteiger partial charge on any atom is -0.487 e. The molecule has 2 heterocycles. The van der Waals surface area contributed by atoms with Crippen LogP contribution in [0.5, 0.6) is 5.75 Å². The lowest BCUT2D eigenvalue weighted by atomic mass is 10.3. The third-order valence-electron chi connectivity index (χ3n) is 2.68. The van der Waals surface area contributed by atoms with Crippen LogP contribution in [0.4, 0.5) is 0 Å². The molecule has 0 amide bonds. The van der Waals surface area contributed by atoms with Crippen LogP contribution in [0.2, 0.25) is 5.15 Å². The van der Waals surface area contributed by atoms with E-state index in [9.17, 15) is 0 Å². The molecule has 3 rings (SSSR count). The van der Waals surface area contributed by atoms with Crippen molar-refractivity contribution in [3.8, 4) is 5.75 Å². The number of benzene rings is 1. The number of halogens is 1. The lowest BCUT2D eigenvalue weighted by molar-refractivity contribution is 0.300. The molecule has 0 atom stereocenters. The molecule has 0 bridgehead atoms. The molecule has 0 N–H and O–H groups in total. The highest BCUT2D eigenvalue weighted by atomic mass is 35.5. The molecule has 1 aromatic carbocycles. The van der Waals surface area contributed by atoms with E-state index in [1.165, 1.54) is 0 Å². The molecule has 0 unspecified atom stereocenters. The van der Waals surface area contributed by atoms with Gasteiger partial charge in [-0.15, -0.1) is 0 Å². The fourth-order valence-electron chi connectivity index (χ4n) is 1.83. The second kappa shape index (κ2) is 4.70. The number of hydrogen-bond donors (Lipinski definition) is 0. The summed E-state index contributed by atoms with van der Waals surface area (Å²) in [5.41, 5.74) is 1.76. The van der Waals surface area contributed by atoms with E-state index >= 15 is 0 Å². The zero-order valence-electron chi connectivity index (χ0n) is 9.58. The second-order valence-corrected chi connectivity index (χ2v) is 4.28. The molecule has 0 fully saturated rings. The monoisotopic (exact) mass is 258 g/mol. The Morgan fingerprint density at radius 1 is 1.06 bits per heavy atom. The highest BCUT2D eigenvalue weighted by Crippen LogP contribution is 2.17. The van der Waals surface area contributed by atoms with Gasteiger partial charge in [0.15, 0.2) is 0 Å². The smallest absolute Gasteiger partial charge is 0.138 e. The van der Waals surface area contributed by atoms with Crippen molar-refractivity contribution in [3.05, 3.63) is 65.6 Å². The maximum absolute atomic E-state index is 6.15. The summed E-state index contributed by atoms with van der Waals surface area (Å²) in [6.07, 6.45) is 1.78. The highest BCUT2D eigenvalue weighted by Gasteiger charge is 2.06. The van der Waals surface area contributed by atoms with Crippen molar-refractivity contribution in [2.75, 3.05) is 0 Å². The van der Waals surface area contributed by atoms with E-state index in [-0.39, 0.29) is 0 Å². The van der Waals surface area contributed by atoms with Crippen molar-refractivity contribution in [2.45, 2.75) is 6.61 Å². The fourth-order valence-corrected chi connectivity index (χ4v) is 2.10. The largest absolute Gasteiger partial charge is 0.487 e. The number of fused-ring (bicyclic) bond motifs is 1. The van der Waals surface area contributed by atoms with E-state index in [0.717, 1.165) is 17.1 Å². The van der Waals surface area contributed by atoms with Gasteiger partial charge >= 0.3 is 0 Å². The molecule has 0 spiro atoms. The Hall–Kier alpha value is -2.00. The van der Waals surface area contributed by atoms with E-state index in [1.807, 2.05) is 52.9 Å². The predicted molar refractivity (Wildman–Crippen MR) is 71.0 cm³/mol. The first-order valence-electron chi connectivity index (χ1n) is 5.63. The van der Waals surface area contributed by atoms with E-state index in [4.69, 9.17) is 16.3 Å². The Kier molecular flexibility index (Phi) is 2.90. The Bertz CT molecular complexity index is 664. The van der Waals surface area contributed by atoms with Gasteiger partial charge in [-0.05, 0) is 24.3 Å². The Morgan fingerprint density at radius 2 is 1.89 bits per heavy atom. The van der Waals surface area contributed by atoms with Gasteiger partial charge < -0.3 is 4.74 Å². The molecule has 3 aromatic rings. The van der Waals surface area contributed by atoms with E-state index in [2.05, 4.69) is 4.98 Å². The van der Waals surface area contributed by atoms with E-state index < -0.39 is 0 Å². The van der Waals surface area contributed by atoms with Crippen LogP contribution >= 0.6 is 11.6 Å². The Labute approximate surface area is 110 Å². The van der Waals surface area contributed by atoms with Crippen LogP contribution in [0.15, 0.2) is 54.7 Å². The average Bonchev–Trinajstić information content (AvgIpc) is 2.82. The molecular formula is C14H11ClN2O. The van der Waals surface area contributed by atoms with Crippen LogP contribution < -0.4 is 4.74 Å². The van der Waals surface area contributed by atoms with Crippen LogP contribution in [0.3, 0.4) is 0 Å². The van der Waals surface area contributed by atoms with Gasteiger partial charge in [0.05, 0.1) is 11.9 Å². The number of imidazole rings is 1. The van der Waals surface area contributed by atoms with E-state index in [0.29, 0.717) is 11.8 Å². The van der Waals surface area contributed by atoms with Gasteiger partial charge in [-0.2, -0.15) is 0 Å². The lowest BCUT2D eigenvalue weighted by Gasteiger charge is -2.06. The molecule has 0 saturated heterocycles. The number of ether oxygens (including phenoxy) is 1. The Morgan fingerprint density at radius 3 is 2.72 bits per heavy atom. The zero-order chi connectivity index (χ0) is 12.4. The molecule has 0 aliphatic carbocycles. The number of para-hydroxylation sites is 1. The molecule has 90 valence electrons. The molecule has 2 aromatic heterocycles. The number of aromatic nitrogens is 2. The maximum atomic E-state index is 6.15. The SMILES string of the molecule is Clc1cccc2ncc(COc3ccccc3)n12. The van der Waals surface area contributed by atoms with Gasteiger partial charge in [-0.3, -0.25) is 4.40 Å². The molecule has 0 saturated carbocycles. The van der Waals surface area contributed by atoms with Crippen LogP contribution in [0.25, 0.3) is 5.65 Å². The van der Waals surface area contributed by atoms with Crippen molar-refractivity contribution in [3.63, 3.8) is 0 Å². The maximum Gasteiger partial charge on any atom is 0.138 e. The third kappa shape index (κ3) is 2.05. The molecule has 0 aliphatic heterocycles. The summed E-state index contributed by atoms with van der Waals surface area (Å²) in [6, 6.07) is 15.3. The molecule has 4 heteroatoms. The summed E-state index contributed by atoms with van der Waals surface area (Å²) in [7, 11) is 0. The average molecular weight is 259 g/mol. The summed E-state index contributed by atoms with van der Waals surface area (Å²) in [5.74, 6) is 0.833. The van der Waals surface area contributed by atoms with Crippen LogP contribution in [-0.4, -0.2) is 9.38 Å². The summed E-state index contributed by atoms with van der Waals surface area (Å²) < 4.78 is 7.57. The van der Waals surface area contributed by atoms with Crippen LogP contribution in [0.1, 0.15) is 5.69 Å². The van der Waals surface area contributed by atoms with Crippen molar-refractivity contribution in [1.82, 2.24) is 9.38 Å². The lowest BCUT2D eigenvalue weighted by Crippen LogP contribution is -2.00. The van der Waals surface area contributed by atoms with Gasteiger partial charge in [0.2, 0.25) is 0 Å². The normalized spacial score (nSPS) is 10.7. The molecule has 0 radical (unpaired) electrons. The highest BCUT2D eigenvalue weighted by molar-refractivity contribution is 6.29. The first-order chi connectivity index (χ1) is 8.84. The van der Waals surface area contributed by atoms with Crippen LogP contribution in [0, 0.1) is 0 Å². The van der Waals surface area contributed by atoms with Gasteiger partial charge in [0.1, 0.15) is 23.2 Å². The summed E-state index contributed by atoms with van der Waals surface area (Å²) in [5, 5.41) is 0.636. The number of hydrogen-bond acceptors (Lipinski definition) is 2. The standard InChI is InChI=1S/C14H11ClN2O/c15-13-7-4-8-14-16-9-11(17(13)14)10-18-12-5-2-1-3-6-12/h1-9H,10H2. The predicted octanol–water partition coefficient (Wildman–Crippen LogP) is 3.57. The van der Waals surface area contributed by atoms with Gasteiger partial charge in [-0.25, -0.2) is 4.98 Å². The summed E-state index contributed by atoms with van der Waals surface area (Å²) in [4.78, 5) is 4.29. The van der Waals surface area contributed by atoms with E-state index in [1.54, 1.807) is 6.20 Å². The third-order valence-corrected chi connectivity index (χ3v) is 2.98. The number of nitrogens with zero attached hydrogens (tertiary/aromatic N) is 2. The van der Waals surface area contributed by atoms with Gasteiger partial charge in [-0.1, -0.05) is 35.9 Å². The summed E-state index contributed by atoms with van der Waals surface area (Å²) >= 11 is 6.15. The van der Waals surface area contributed by atoms with Crippen molar-refractivity contribution in [2.24, 2.45) is 0 Å². The first kappa shape index (κ1) is 11.1. The molecule has 0 aliphatic rings. The Balaban J connectivity index is 1.87. The molecular weight excluding hydrogens is 248 g/mol. The minimum atomic E-state index is 0.439. The van der Waals surface area contributed by atoms with Gasteiger partial charge in [0.25, 0.3) is 0 Å². The quantitative estimate of drug-likeness (QED) is 0.672. The topological polar surface area (TPSA) is 26.5 Å². The second-order valence-electron chi connectivity index (χ2n) is 3.89. The fraction of sp³-hybridized carbons (Fsp3) is 0.0714. The summed E-state index contributed by atoms with van der Waals surface area (Å²) in [6.45, 7) is 0.439. The van der Waals surface area contributed by atoms with Crippen molar-refractivity contribution in [1.29, 1.82) is 0 Å². The van der Waals surface area contributed by atoms with Crippen LogP contribution in [-0.2, 0) is 6.61 Å². The number of rotatable bonds is 3. The van der Waals surface area contributed by atoms with Gasteiger partial charge in [0, 0.05) is 0 Å². The molecule has 18 heavy (non-hydrogen) atoms. The zero-order valence-corrected chi connectivity index (χ0v) is 10.3. The number of pyridine rings is 1. The van der Waals surface area contributed by atoms with Crippen molar-refractivity contribution < 1.29 is 4.74 Å².